The lowest BCUT2D eigenvalue weighted by atomic mass is 9.98. The van der Waals surface area contributed by atoms with Crippen molar-refractivity contribution in [1.82, 2.24) is 21.3 Å². The molecule has 1 aliphatic heterocycles. The number of β-amino-alcohol motifs (C(OH)–C–C–N with tert-alkyl or cyclic N) is 1. The number of halogens is 3. The quantitative estimate of drug-likeness (QED) is 0.173. The molecule has 10 nitrogen and oxygen atoms in total. The van der Waals surface area contributed by atoms with Crippen molar-refractivity contribution in [2.24, 2.45) is 0 Å². The predicted octanol–water partition coefficient (Wildman–Crippen LogP) is 3.88. The molecule has 3 aromatic carbocycles. The van der Waals surface area contributed by atoms with Crippen molar-refractivity contribution >= 4 is 23.5 Å². The molecule has 0 bridgehead atoms. The van der Waals surface area contributed by atoms with E-state index >= 15 is 0 Å². The molecule has 2 atom stereocenters. The summed E-state index contributed by atoms with van der Waals surface area (Å²) in [6.45, 7) is 3.46. The van der Waals surface area contributed by atoms with E-state index in [0.717, 1.165) is 34.4 Å². The van der Waals surface area contributed by atoms with Crippen LogP contribution in [0, 0.1) is 0 Å². The van der Waals surface area contributed by atoms with Crippen LogP contribution in [0.5, 0.6) is 0 Å². The molecule has 258 valence electrons. The van der Waals surface area contributed by atoms with Gasteiger partial charge in [-0.2, -0.15) is 13.2 Å². The lowest BCUT2D eigenvalue weighted by Gasteiger charge is -2.29. The number of aryl methyl sites for hydroxylation is 1. The zero-order valence-corrected chi connectivity index (χ0v) is 27.2. The molecule has 0 spiro atoms. The van der Waals surface area contributed by atoms with Crippen molar-refractivity contribution < 1.29 is 37.8 Å². The summed E-state index contributed by atoms with van der Waals surface area (Å²) in [5, 5.41) is 29.9. The van der Waals surface area contributed by atoms with E-state index in [9.17, 15) is 32.7 Å². The lowest BCUT2D eigenvalue weighted by Crippen LogP contribution is -2.51. The third-order valence-corrected chi connectivity index (χ3v) is 8.22. The number of rotatable bonds is 12. The highest BCUT2D eigenvalue weighted by molar-refractivity contribution is 6.00. The maximum atomic E-state index is 14.0. The Morgan fingerprint density at radius 3 is 2.42 bits per heavy atom. The minimum atomic E-state index is -4.56. The minimum Gasteiger partial charge on any atom is -0.394 e. The fourth-order valence-corrected chi connectivity index (χ4v) is 5.61. The van der Waals surface area contributed by atoms with Gasteiger partial charge in [0.15, 0.2) is 0 Å². The summed E-state index contributed by atoms with van der Waals surface area (Å²) in [5.74, 6) is -0.891. The SMILES string of the molecule is CNC(=O)NCc1ccccc1-c1ccc(CN2C(=O)[C@H](NC(=O)CC(C)(C)NC[C@H](O)CO)CCc3cc(C(F)(F)F)ccc32)cc1. The highest BCUT2D eigenvalue weighted by atomic mass is 19.4. The van der Waals surface area contributed by atoms with Crippen LogP contribution in [0.25, 0.3) is 11.1 Å². The van der Waals surface area contributed by atoms with Gasteiger partial charge in [-0.1, -0.05) is 48.5 Å². The number of aliphatic hydroxyl groups excluding tert-OH is 2. The van der Waals surface area contributed by atoms with E-state index < -0.39 is 47.8 Å². The molecule has 13 heteroatoms. The first-order chi connectivity index (χ1) is 22.7. The van der Waals surface area contributed by atoms with Gasteiger partial charge in [0.1, 0.15) is 6.04 Å². The second kappa shape index (κ2) is 15.6. The Morgan fingerprint density at radius 1 is 1.04 bits per heavy atom. The number of carbonyl (C=O) groups excluding carboxylic acids is 3. The number of fused-ring (bicyclic) bond motifs is 1. The van der Waals surface area contributed by atoms with Crippen molar-refractivity contribution in [2.75, 3.05) is 25.1 Å². The summed E-state index contributed by atoms with van der Waals surface area (Å²) in [7, 11) is 1.53. The van der Waals surface area contributed by atoms with Gasteiger partial charge in [0, 0.05) is 37.8 Å². The van der Waals surface area contributed by atoms with Gasteiger partial charge in [0.25, 0.3) is 0 Å². The number of aliphatic hydroxyl groups is 2. The predicted molar refractivity (Wildman–Crippen MR) is 176 cm³/mol. The van der Waals surface area contributed by atoms with Crippen molar-refractivity contribution in [3.63, 3.8) is 0 Å². The number of carbonyl (C=O) groups is 3. The summed E-state index contributed by atoms with van der Waals surface area (Å²) in [4.78, 5) is 40.3. The van der Waals surface area contributed by atoms with E-state index in [1.165, 1.54) is 18.0 Å². The van der Waals surface area contributed by atoms with Gasteiger partial charge in [-0.3, -0.25) is 9.59 Å². The molecule has 1 aliphatic rings. The smallest absolute Gasteiger partial charge is 0.394 e. The first-order valence-electron chi connectivity index (χ1n) is 15.7. The first-order valence-corrected chi connectivity index (χ1v) is 15.7. The molecule has 4 amide bonds. The summed E-state index contributed by atoms with van der Waals surface area (Å²) in [6.07, 6.45) is -5.38. The second-order valence-electron chi connectivity index (χ2n) is 12.5. The molecule has 4 rings (SSSR count). The summed E-state index contributed by atoms with van der Waals surface area (Å²) >= 11 is 0. The molecule has 0 saturated heterocycles. The monoisotopic (exact) mass is 669 g/mol. The van der Waals surface area contributed by atoms with Crippen LogP contribution in [0.15, 0.2) is 66.7 Å². The van der Waals surface area contributed by atoms with Gasteiger partial charge in [-0.05, 0) is 72.7 Å². The number of alkyl halides is 3. The fraction of sp³-hybridized carbons (Fsp3) is 0.400. The Hall–Kier alpha value is -4.46. The van der Waals surface area contributed by atoms with Crippen molar-refractivity contribution in [3.8, 4) is 11.1 Å². The van der Waals surface area contributed by atoms with Crippen LogP contribution >= 0.6 is 0 Å². The van der Waals surface area contributed by atoms with Crippen LogP contribution in [-0.2, 0) is 35.3 Å². The average molecular weight is 670 g/mol. The Labute approximate surface area is 277 Å². The summed E-state index contributed by atoms with van der Waals surface area (Å²) < 4.78 is 40.9. The van der Waals surface area contributed by atoms with Crippen LogP contribution in [0.3, 0.4) is 0 Å². The summed E-state index contributed by atoms with van der Waals surface area (Å²) in [6, 6.07) is 17.1. The number of hydrogen-bond donors (Lipinski definition) is 6. The van der Waals surface area contributed by atoms with Gasteiger partial charge in [0.05, 0.1) is 24.8 Å². The van der Waals surface area contributed by atoms with Crippen LogP contribution in [-0.4, -0.2) is 65.9 Å². The standard InChI is InChI=1S/C35H42F3N5O5/c1-34(2,41-19-27(45)21-44)17-31(46)42-29-14-12-24-16-26(35(36,37)38)13-15-30(24)43(32(29)47)20-22-8-10-23(11-9-22)28-7-5-4-6-25(28)18-40-33(48)39-3/h4-11,13,15-16,27,29,41,44-45H,12,14,17-21H2,1-3H3,(H,42,46)(H2,39,40,48)/t27-,29+/m0/s1. The van der Waals surface area contributed by atoms with Crippen molar-refractivity contribution in [3.05, 3.63) is 89.0 Å². The molecule has 0 aliphatic carbocycles. The number of amides is 4. The van der Waals surface area contributed by atoms with Crippen LogP contribution in [0.2, 0.25) is 0 Å². The third kappa shape index (κ3) is 9.55. The number of anilines is 1. The molecule has 48 heavy (non-hydrogen) atoms. The molecule has 1 heterocycles. The zero-order chi connectivity index (χ0) is 35.1. The normalized spacial score (nSPS) is 15.7. The van der Waals surface area contributed by atoms with Crippen LogP contribution in [0.1, 0.15) is 48.9 Å². The van der Waals surface area contributed by atoms with Crippen molar-refractivity contribution in [1.29, 1.82) is 0 Å². The maximum absolute atomic E-state index is 14.0. The third-order valence-electron chi connectivity index (χ3n) is 8.22. The number of nitrogens with zero attached hydrogens (tertiary/aromatic N) is 1. The number of urea groups is 1. The molecule has 6 N–H and O–H groups in total. The second-order valence-corrected chi connectivity index (χ2v) is 12.5. The zero-order valence-electron chi connectivity index (χ0n) is 27.2. The molecule has 0 fully saturated rings. The molecular weight excluding hydrogens is 627 g/mol. The van der Waals surface area contributed by atoms with E-state index in [1.807, 2.05) is 48.5 Å². The van der Waals surface area contributed by atoms with Gasteiger partial charge < -0.3 is 36.4 Å². The molecule has 0 aromatic heterocycles. The fourth-order valence-electron chi connectivity index (χ4n) is 5.61. The topological polar surface area (TPSA) is 143 Å². The van der Waals surface area contributed by atoms with E-state index in [1.54, 1.807) is 13.8 Å². The number of nitrogens with one attached hydrogen (secondary N) is 4. The number of hydrogen-bond acceptors (Lipinski definition) is 6. The van der Waals surface area contributed by atoms with Gasteiger partial charge in [-0.15, -0.1) is 0 Å². The molecule has 0 unspecified atom stereocenters. The minimum absolute atomic E-state index is 0.0514. The Morgan fingerprint density at radius 2 is 1.75 bits per heavy atom. The molecule has 0 radical (unpaired) electrons. The average Bonchev–Trinajstić information content (AvgIpc) is 3.18. The van der Waals surface area contributed by atoms with Crippen LogP contribution < -0.4 is 26.2 Å². The summed E-state index contributed by atoms with van der Waals surface area (Å²) in [5.41, 5.74) is 2.50. The molecule has 0 saturated carbocycles. The highest BCUT2D eigenvalue weighted by Gasteiger charge is 2.36. The van der Waals surface area contributed by atoms with Gasteiger partial charge >= 0.3 is 12.2 Å². The van der Waals surface area contributed by atoms with E-state index in [4.69, 9.17) is 5.11 Å². The Bertz CT molecular complexity index is 1600. The van der Waals surface area contributed by atoms with Crippen molar-refractivity contribution in [2.45, 2.75) is 70.1 Å². The van der Waals surface area contributed by atoms with E-state index in [2.05, 4.69) is 21.3 Å². The molecular formula is C35H42F3N5O5. The van der Waals surface area contributed by atoms with Gasteiger partial charge in [0.2, 0.25) is 11.8 Å². The maximum Gasteiger partial charge on any atom is 0.416 e. The molecule has 3 aromatic rings. The van der Waals surface area contributed by atoms with Crippen LogP contribution in [0.4, 0.5) is 23.7 Å². The lowest BCUT2D eigenvalue weighted by molar-refractivity contribution is -0.137. The largest absolute Gasteiger partial charge is 0.416 e. The Kier molecular flexibility index (Phi) is 11.8. The number of benzene rings is 3. The van der Waals surface area contributed by atoms with Gasteiger partial charge in [-0.25, -0.2) is 4.79 Å². The highest BCUT2D eigenvalue weighted by Crippen LogP contribution is 2.36. The van der Waals surface area contributed by atoms with E-state index in [0.29, 0.717) is 17.8 Å². The first kappa shape index (κ1) is 36.4. The Balaban J connectivity index is 1.58. The van der Waals surface area contributed by atoms with E-state index in [-0.39, 0.29) is 38.4 Å².